The molecule has 0 fully saturated rings. The molecule has 0 N–H and O–H groups in total. The molecule has 0 bridgehead atoms. The summed E-state index contributed by atoms with van der Waals surface area (Å²) in [6, 6.07) is 7.72. The van der Waals surface area contributed by atoms with E-state index in [1.54, 1.807) is 24.3 Å². The molecule has 1 aromatic carbocycles. The fourth-order valence-corrected chi connectivity index (χ4v) is 2.00. The summed E-state index contributed by atoms with van der Waals surface area (Å²) in [4.78, 5) is 3.71. The van der Waals surface area contributed by atoms with Crippen molar-refractivity contribution in [3.63, 3.8) is 0 Å². The second-order valence-corrected chi connectivity index (χ2v) is 5.19. The van der Waals surface area contributed by atoms with Gasteiger partial charge in [0.15, 0.2) is 5.82 Å². The zero-order valence-corrected chi connectivity index (χ0v) is 12.8. The quantitative estimate of drug-likeness (QED) is 0.584. The number of anilines is 1. The highest BCUT2D eigenvalue weighted by Crippen LogP contribution is 2.33. The third-order valence-corrected chi connectivity index (χ3v) is 3.24. The molecule has 22 heavy (non-hydrogen) atoms. The summed E-state index contributed by atoms with van der Waals surface area (Å²) < 4.78 is 37.7. The summed E-state index contributed by atoms with van der Waals surface area (Å²) in [7, 11) is 1.54. The summed E-state index contributed by atoms with van der Waals surface area (Å²) >= 11 is 11.6. The fraction of sp³-hybridized carbons (Fsp3) is 0.143. The molecule has 0 aliphatic carbocycles. The van der Waals surface area contributed by atoms with Gasteiger partial charge in [0.2, 0.25) is 0 Å². The lowest BCUT2D eigenvalue weighted by Gasteiger charge is -2.15. The summed E-state index contributed by atoms with van der Waals surface area (Å²) in [5.74, 6) is 0.125. The number of nitrogens with zero attached hydrogens (tertiary/aromatic N) is 3. The summed E-state index contributed by atoms with van der Waals surface area (Å²) in [5.41, 5.74) is -0.129. The van der Waals surface area contributed by atoms with Gasteiger partial charge < -0.3 is 0 Å². The zero-order valence-electron chi connectivity index (χ0n) is 11.3. The monoisotopic (exact) mass is 347 g/mol. The average Bonchev–Trinajstić information content (AvgIpc) is 2.45. The van der Waals surface area contributed by atoms with Crippen LogP contribution in [0.5, 0.6) is 0 Å². The number of alkyl halides is 3. The first-order valence-corrected chi connectivity index (χ1v) is 6.79. The van der Waals surface area contributed by atoms with E-state index in [-0.39, 0.29) is 10.8 Å². The predicted molar refractivity (Wildman–Crippen MR) is 81.7 cm³/mol. The summed E-state index contributed by atoms with van der Waals surface area (Å²) in [5, 5.41) is 5.83. The second-order valence-electron chi connectivity index (χ2n) is 4.35. The van der Waals surface area contributed by atoms with E-state index in [1.165, 1.54) is 18.3 Å². The molecule has 2 aromatic rings. The number of benzene rings is 1. The van der Waals surface area contributed by atoms with Gasteiger partial charge in [0.25, 0.3) is 0 Å². The third kappa shape index (κ3) is 4.11. The van der Waals surface area contributed by atoms with Crippen LogP contribution in [0, 0.1) is 0 Å². The van der Waals surface area contributed by atoms with Gasteiger partial charge in [-0.05, 0) is 23.8 Å². The first-order valence-electron chi connectivity index (χ1n) is 6.03. The van der Waals surface area contributed by atoms with E-state index in [9.17, 15) is 13.2 Å². The molecule has 0 unspecified atom stereocenters. The van der Waals surface area contributed by atoms with E-state index in [1.807, 2.05) is 0 Å². The first-order chi connectivity index (χ1) is 10.3. The molecule has 0 aliphatic heterocycles. The summed E-state index contributed by atoms with van der Waals surface area (Å²) in [6.45, 7) is 0. The number of hydrogen-bond acceptors (Lipinski definition) is 3. The Bertz CT molecular complexity index is 685. The van der Waals surface area contributed by atoms with Crippen molar-refractivity contribution in [3.8, 4) is 0 Å². The number of pyridine rings is 1. The number of hydrogen-bond donors (Lipinski definition) is 0. The number of halogens is 5. The topological polar surface area (TPSA) is 28.5 Å². The lowest BCUT2D eigenvalue weighted by Crippen LogP contribution is -2.13. The van der Waals surface area contributed by atoms with Crippen LogP contribution in [0.25, 0.3) is 0 Å². The van der Waals surface area contributed by atoms with E-state index < -0.39 is 11.7 Å². The van der Waals surface area contributed by atoms with Crippen LogP contribution in [0.2, 0.25) is 10.0 Å². The van der Waals surface area contributed by atoms with Gasteiger partial charge in [-0.2, -0.15) is 18.3 Å². The van der Waals surface area contributed by atoms with E-state index in [0.717, 1.165) is 17.8 Å². The minimum absolute atomic E-state index is 0.125. The first kappa shape index (κ1) is 16.6. The van der Waals surface area contributed by atoms with Crippen LogP contribution >= 0.6 is 23.2 Å². The van der Waals surface area contributed by atoms with Gasteiger partial charge in [-0.15, -0.1) is 0 Å². The van der Waals surface area contributed by atoms with Crippen LogP contribution in [0.1, 0.15) is 11.1 Å². The van der Waals surface area contributed by atoms with Crippen molar-refractivity contribution in [2.45, 2.75) is 6.18 Å². The maximum Gasteiger partial charge on any atom is 0.417 e. The van der Waals surface area contributed by atoms with Crippen molar-refractivity contribution >= 4 is 35.2 Å². The minimum Gasteiger partial charge on any atom is -0.250 e. The zero-order chi connectivity index (χ0) is 16.3. The smallest absolute Gasteiger partial charge is 0.250 e. The maximum atomic E-state index is 12.6. The van der Waals surface area contributed by atoms with Gasteiger partial charge in [0, 0.05) is 18.3 Å². The van der Waals surface area contributed by atoms with Gasteiger partial charge in [-0.3, -0.25) is 0 Å². The molecule has 0 atom stereocenters. The molecule has 116 valence electrons. The van der Waals surface area contributed by atoms with Crippen LogP contribution in [-0.4, -0.2) is 18.2 Å². The van der Waals surface area contributed by atoms with Crippen LogP contribution in [0.4, 0.5) is 19.0 Å². The molecule has 0 saturated heterocycles. The molecule has 3 nitrogen and oxygen atoms in total. The minimum atomic E-state index is -4.49. The molecule has 0 aliphatic rings. The Kier molecular flexibility index (Phi) is 4.93. The van der Waals surface area contributed by atoms with Crippen LogP contribution in [-0.2, 0) is 6.18 Å². The van der Waals surface area contributed by atoms with Crippen molar-refractivity contribution in [3.05, 3.63) is 57.7 Å². The van der Waals surface area contributed by atoms with Gasteiger partial charge in [0.05, 0.1) is 16.8 Å². The molecule has 2 rings (SSSR count). The van der Waals surface area contributed by atoms with Crippen LogP contribution in [0.15, 0.2) is 41.6 Å². The number of aromatic nitrogens is 1. The van der Waals surface area contributed by atoms with Crippen molar-refractivity contribution < 1.29 is 13.2 Å². The molecule has 8 heteroatoms. The van der Waals surface area contributed by atoms with Crippen molar-refractivity contribution in [1.82, 2.24) is 4.98 Å². The van der Waals surface area contributed by atoms with Gasteiger partial charge in [-0.25, -0.2) is 9.99 Å². The molecular formula is C14H10Cl2F3N3. The van der Waals surface area contributed by atoms with E-state index in [4.69, 9.17) is 23.2 Å². The Hall–Kier alpha value is -1.79. The highest BCUT2D eigenvalue weighted by Gasteiger charge is 2.31. The predicted octanol–water partition coefficient (Wildman–Crippen LogP) is 4.88. The van der Waals surface area contributed by atoms with Crippen molar-refractivity contribution in [2.75, 3.05) is 12.1 Å². The fourth-order valence-electron chi connectivity index (χ4n) is 1.58. The Labute approximate surface area is 135 Å². The molecule has 1 heterocycles. The maximum absolute atomic E-state index is 12.6. The Morgan fingerprint density at radius 1 is 1.18 bits per heavy atom. The van der Waals surface area contributed by atoms with E-state index >= 15 is 0 Å². The molecule has 0 amide bonds. The SMILES string of the molecule is CN(N=Cc1ccc(Cl)cc1)c1ncc(C(F)(F)F)cc1Cl. The van der Waals surface area contributed by atoms with Crippen LogP contribution in [0.3, 0.4) is 0 Å². The van der Waals surface area contributed by atoms with Gasteiger partial charge in [0.1, 0.15) is 0 Å². The second kappa shape index (κ2) is 6.54. The van der Waals surface area contributed by atoms with Gasteiger partial charge in [-0.1, -0.05) is 35.3 Å². The highest BCUT2D eigenvalue weighted by molar-refractivity contribution is 6.33. The van der Waals surface area contributed by atoms with Gasteiger partial charge >= 0.3 is 6.18 Å². The largest absolute Gasteiger partial charge is 0.417 e. The Morgan fingerprint density at radius 3 is 2.36 bits per heavy atom. The standard InChI is InChI=1S/C14H10Cl2F3N3/c1-22(21-7-9-2-4-11(15)5-3-9)13-12(16)6-10(8-20-13)14(17,18)19/h2-8H,1H3. The lowest BCUT2D eigenvalue weighted by atomic mass is 10.2. The van der Waals surface area contributed by atoms with E-state index in [2.05, 4.69) is 10.1 Å². The Morgan fingerprint density at radius 2 is 1.82 bits per heavy atom. The molecular weight excluding hydrogens is 338 g/mol. The van der Waals surface area contributed by atoms with Crippen molar-refractivity contribution in [2.24, 2.45) is 5.10 Å². The summed E-state index contributed by atoms with van der Waals surface area (Å²) in [6.07, 6.45) is -2.25. The molecule has 0 saturated carbocycles. The Balaban J connectivity index is 2.19. The average molecular weight is 348 g/mol. The lowest BCUT2D eigenvalue weighted by molar-refractivity contribution is -0.137. The molecule has 0 spiro atoms. The molecule has 0 radical (unpaired) electrons. The normalized spacial score (nSPS) is 11.9. The third-order valence-electron chi connectivity index (χ3n) is 2.71. The van der Waals surface area contributed by atoms with Crippen LogP contribution < -0.4 is 5.01 Å². The number of hydrazone groups is 1. The number of rotatable bonds is 3. The molecule has 1 aromatic heterocycles. The highest BCUT2D eigenvalue weighted by atomic mass is 35.5. The van der Waals surface area contributed by atoms with E-state index in [0.29, 0.717) is 5.02 Å². The van der Waals surface area contributed by atoms with Crippen molar-refractivity contribution in [1.29, 1.82) is 0 Å².